The molecule has 0 spiro atoms. The lowest BCUT2D eigenvalue weighted by Gasteiger charge is -2.38. The zero-order chi connectivity index (χ0) is 18.3. The Labute approximate surface area is 147 Å². The van der Waals surface area contributed by atoms with E-state index in [9.17, 15) is 14.7 Å². The number of nitrogens with zero attached hydrogens (tertiary/aromatic N) is 1. The van der Waals surface area contributed by atoms with Crippen LogP contribution in [0.15, 0.2) is 67.3 Å². The van der Waals surface area contributed by atoms with E-state index in [1.54, 1.807) is 23.1 Å². The van der Waals surface area contributed by atoms with Gasteiger partial charge in [-0.2, -0.15) is 0 Å². The lowest BCUT2D eigenvalue weighted by atomic mass is 9.73. The summed E-state index contributed by atoms with van der Waals surface area (Å²) in [5.41, 5.74) is 0.579. The summed E-state index contributed by atoms with van der Waals surface area (Å²) in [5.74, 6) is -0.852. The third-order valence-corrected chi connectivity index (χ3v) is 4.57. The zero-order valence-electron chi connectivity index (χ0n) is 14.2. The molecule has 132 valence electrons. The van der Waals surface area contributed by atoms with Gasteiger partial charge in [-0.3, -0.25) is 4.79 Å². The van der Waals surface area contributed by atoms with Crippen molar-refractivity contribution in [3.63, 3.8) is 0 Å². The number of ether oxygens (including phenoxy) is 1. The molecule has 0 radical (unpaired) electrons. The van der Waals surface area contributed by atoms with Gasteiger partial charge in [-0.25, -0.2) is 4.79 Å². The van der Waals surface area contributed by atoms with E-state index in [-0.39, 0.29) is 6.61 Å². The molecule has 0 saturated carbocycles. The number of hydrogen-bond acceptors (Lipinski definition) is 3. The highest BCUT2D eigenvalue weighted by molar-refractivity contribution is 5.82. The number of carbonyl (C=O) groups is 2. The Kier molecular flexibility index (Phi) is 6.17. The maximum atomic E-state index is 12.2. The topological polar surface area (TPSA) is 66.8 Å². The minimum atomic E-state index is -0.951. The average molecular weight is 341 g/mol. The van der Waals surface area contributed by atoms with Crippen molar-refractivity contribution in [2.45, 2.75) is 18.3 Å². The van der Waals surface area contributed by atoms with Gasteiger partial charge in [-0.1, -0.05) is 61.7 Å². The molecule has 1 N–H and O–H groups in total. The highest BCUT2D eigenvalue weighted by Crippen LogP contribution is 2.36. The molecule has 1 aliphatic heterocycles. The summed E-state index contributed by atoms with van der Waals surface area (Å²) in [6.07, 6.45) is 5.21. The molecule has 1 fully saturated rings. The van der Waals surface area contributed by atoms with Crippen LogP contribution in [0.5, 0.6) is 0 Å². The monoisotopic (exact) mass is 341 g/mol. The van der Waals surface area contributed by atoms with E-state index in [0.29, 0.717) is 25.9 Å². The molecular weight excluding hydrogens is 318 g/mol. The molecule has 1 amide bonds. The molecule has 1 aromatic rings. The molecule has 5 heteroatoms. The summed E-state index contributed by atoms with van der Waals surface area (Å²) in [5, 5.41) is 9.77. The van der Waals surface area contributed by atoms with Crippen molar-refractivity contribution in [2.75, 3.05) is 19.7 Å². The van der Waals surface area contributed by atoms with Crippen LogP contribution in [-0.2, 0) is 14.9 Å². The third kappa shape index (κ3) is 4.18. The summed E-state index contributed by atoms with van der Waals surface area (Å²) < 4.78 is 5.27. The number of likely N-dealkylation sites (tertiary alicyclic amines) is 1. The molecular formula is C20H23NO4. The second-order valence-corrected chi connectivity index (χ2v) is 5.98. The average Bonchev–Trinajstić information content (AvgIpc) is 2.65. The van der Waals surface area contributed by atoms with Gasteiger partial charge in [0.15, 0.2) is 0 Å². The molecule has 1 heterocycles. The number of carbonyl (C=O) groups excluding carboxylic acids is 1. The Balaban J connectivity index is 2.01. The minimum absolute atomic E-state index is 0.119. The lowest BCUT2D eigenvalue weighted by Crippen LogP contribution is -2.49. The number of hydrogen-bond donors (Lipinski definition) is 1. The number of aliphatic carboxylic acids is 1. The predicted octanol–water partition coefficient (Wildman–Crippen LogP) is 3.54. The van der Waals surface area contributed by atoms with Gasteiger partial charge in [-0.05, 0) is 24.0 Å². The Morgan fingerprint density at radius 1 is 1.20 bits per heavy atom. The van der Waals surface area contributed by atoms with Gasteiger partial charge in [0.1, 0.15) is 6.61 Å². The second-order valence-electron chi connectivity index (χ2n) is 5.98. The van der Waals surface area contributed by atoms with E-state index in [1.165, 1.54) is 0 Å². The Bertz CT molecular complexity index is 670. The number of benzene rings is 1. The summed E-state index contributed by atoms with van der Waals surface area (Å²) in [6, 6.07) is 9.20. The first kappa shape index (κ1) is 18.5. The summed E-state index contributed by atoms with van der Waals surface area (Å²) in [6.45, 7) is 8.05. The van der Waals surface area contributed by atoms with Crippen LogP contribution < -0.4 is 0 Å². The summed E-state index contributed by atoms with van der Waals surface area (Å²) in [7, 11) is 0. The fourth-order valence-corrected chi connectivity index (χ4v) is 3.02. The SMILES string of the molecule is C=C/C=C(\C=C)COC(=O)N1CCC(C(=O)O)(c2ccccc2)CC1. The Morgan fingerprint density at radius 3 is 2.36 bits per heavy atom. The molecule has 0 unspecified atom stereocenters. The van der Waals surface area contributed by atoms with E-state index < -0.39 is 17.5 Å². The molecule has 0 atom stereocenters. The molecule has 0 aromatic heterocycles. The molecule has 5 nitrogen and oxygen atoms in total. The van der Waals surface area contributed by atoms with Crippen molar-refractivity contribution >= 4 is 12.1 Å². The van der Waals surface area contributed by atoms with E-state index in [1.807, 2.05) is 30.3 Å². The number of allylic oxidation sites excluding steroid dienone is 2. The van der Waals surface area contributed by atoms with Crippen LogP contribution >= 0.6 is 0 Å². The van der Waals surface area contributed by atoms with Gasteiger partial charge >= 0.3 is 12.1 Å². The predicted molar refractivity (Wildman–Crippen MR) is 96.4 cm³/mol. The minimum Gasteiger partial charge on any atom is -0.481 e. The summed E-state index contributed by atoms with van der Waals surface area (Å²) in [4.78, 5) is 25.7. The van der Waals surface area contributed by atoms with Crippen LogP contribution in [0.25, 0.3) is 0 Å². The molecule has 2 rings (SSSR count). The van der Waals surface area contributed by atoms with Gasteiger partial charge < -0.3 is 14.7 Å². The largest absolute Gasteiger partial charge is 0.481 e. The third-order valence-electron chi connectivity index (χ3n) is 4.57. The normalized spacial score (nSPS) is 16.8. The van der Waals surface area contributed by atoms with Crippen LogP contribution in [0.2, 0.25) is 0 Å². The number of piperidine rings is 1. The standard InChI is InChI=1S/C20H23NO4/c1-3-8-16(4-2)15-25-19(24)21-13-11-20(12-14-21,18(22)23)17-9-6-5-7-10-17/h3-10H,1-2,11-15H2,(H,22,23)/b16-8+. The van der Waals surface area contributed by atoms with Crippen molar-refractivity contribution in [3.05, 3.63) is 72.9 Å². The Morgan fingerprint density at radius 2 is 1.84 bits per heavy atom. The van der Waals surface area contributed by atoms with Crippen LogP contribution in [0.1, 0.15) is 18.4 Å². The molecule has 1 aliphatic rings. The maximum absolute atomic E-state index is 12.2. The zero-order valence-corrected chi connectivity index (χ0v) is 14.2. The molecule has 1 aromatic carbocycles. The molecule has 0 aliphatic carbocycles. The van der Waals surface area contributed by atoms with E-state index in [2.05, 4.69) is 13.2 Å². The number of carboxylic acid groups (broad SMARTS) is 1. The first-order valence-electron chi connectivity index (χ1n) is 8.18. The highest BCUT2D eigenvalue weighted by Gasteiger charge is 2.44. The number of amides is 1. The Hall–Kier alpha value is -2.82. The van der Waals surface area contributed by atoms with Crippen LogP contribution in [0.4, 0.5) is 4.79 Å². The fourth-order valence-electron chi connectivity index (χ4n) is 3.02. The number of carboxylic acids is 1. The van der Waals surface area contributed by atoms with Crippen molar-refractivity contribution in [1.82, 2.24) is 4.90 Å². The smallest absolute Gasteiger partial charge is 0.410 e. The van der Waals surface area contributed by atoms with Crippen molar-refractivity contribution in [1.29, 1.82) is 0 Å². The second kappa shape index (κ2) is 8.33. The lowest BCUT2D eigenvalue weighted by molar-refractivity contribution is -0.145. The summed E-state index contributed by atoms with van der Waals surface area (Å²) >= 11 is 0. The van der Waals surface area contributed by atoms with E-state index in [0.717, 1.165) is 11.1 Å². The van der Waals surface area contributed by atoms with Crippen LogP contribution in [0, 0.1) is 0 Å². The number of rotatable bonds is 6. The quantitative estimate of drug-likeness (QED) is 0.804. The van der Waals surface area contributed by atoms with Crippen molar-refractivity contribution in [2.24, 2.45) is 0 Å². The van der Waals surface area contributed by atoms with Gasteiger partial charge in [0.05, 0.1) is 5.41 Å². The van der Waals surface area contributed by atoms with Gasteiger partial charge in [-0.15, -0.1) is 0 Å². The van der Waals surface area contributed by atoms with E-state index >= 15 is 0 Å². The first-order chi connectivity index (χ1) is 12.0. The van der Waals surface area contributed by atoms with Gasteiger partial charge in [0, 0.05) is 13.1 Å². The molecule has 25 heavy (non-hydrogen) atoms. The molecule has 1 saturated heterocycles. The van der Waals surface area contributed by atoms with Crippen molar-refractivity contribution < 1.29 is 19.4 Å². The van der Waals surface area contributed by atoms with Crippen LogP contribution in [0.3, 0.4) is 0 Å². The highest BCUT2D eigenvalue weighted by atomic mass is 16.6. The fraction of sp³-hybridized carbons (Fsp3) is 0.300. The first-order valence-corrected chi connectivity index (χ1v) is 8.18. The maximum Gasteiger partial charge on any atom is 0.410 e. The van der Waals surface area contributed by atoms with Gasteiger partial charge in [0.2, 0.25) is 0 Å². The van der Waals surface area contributed by atoms with Crippen LogP contribution in [-0.4, -0.2) is 41.8 Å². The van der Waals surface area contributed by atoms with Crippen molar-refractivity contribution in [3.8, 4) is 0 Å². The molecule has 0 bridgehead atoms. The van der Waals surface area contributed by atoms with E-state index in [4.69, 9.17) is 4.74 Å². The van der Waals surface area contributed by atoms with Gasteiger partial charge in [0.25, 0.3) is 0 Å².